The van der Waals surface area contributed by atoms with Gasteiger partial charge in [0.1, 0.15) is 12.4 Å². The molecule has 24 heavy (non-hydrogen) atoms. The van der Waals surface area contributed by atoms with E-state index in [1.165, 1.54) is 0 Å². The van der Waals surface area contributed by atoms with Gasteiger partial charge in [0.15, 0.2) is 0 Å². The Morgan fingerprint density at radius 1 is 1.33 bits per heavy atom. The number of nitrogens with one attached hydrogen (secondary N) is 1. The van der Waals surface area contributed by atoms with Crippen molar-refractivity contribution >= 4 is 11.8 Å². The number of carbonyl (C=O) groups excluding carboxylic acids is 2. The Morgan fingerprint density at radius 2 is 2.08 bits per heavy atom. The van der Waals surface area contributed by atoms with Gasteiger partial charge >= 0.3 is 0 Å². The highest BCUT2D eigenvalue weighted by Crippen LogP contribution is 2.11. The molecule has 1 aromatic carbocycles. The molecule has 1 saturated heterocycles. The van der Waals surface area contributed by atoms with E-state index in [4.69, 9.17) is 14.2 Å². The summed E-state index contributed by atoms with van der Waals surface area (Å²) < 4.78 is 15.6. The molecule has 1 heterocycles. The lowest BCUT2D eigenvalue weighted by atomic mass is 10.1. The molecule has 7 nitrogen and oxygen atoms in total. The summed E-state index contributed by atoms with van der Waals surface area (Å²) in [5.41, 5.74) is 0.912. The predicted molar refractivity (Wildman–Crippen MR) is 87.9 cm³/mol. The minimum atomic E-state index is -0.195. The van der Waals surface area contributed by atoms with Crippen molar-refractivity contribution in [3.05, 3.63) is 29.8 Å². The monoisotopic (exact) mass is 336 g/mol. The van der Waals surface area contributed by atoms with Crippen LogP contribution in [-0.2, 0) is 25.5 Å². The number of morpholine rings is 1. The van der Waals surface area contributed by atoms with Gasteiger partial charge in [-0.25, -0.2) is 0 Å². The molecule has 0 radical (unpaired) electrons. The number of ether oxygens (including phenoxy) is 3. The van der Waals surface area contributed by atoms with Gasteiger partial charge in [0, 0.05) is 26.7 Å². The molecule has 2 rings (SSSR count). The second kappa shape index (κ2) is 9.24. The van der Waals surface area contributed by atoms with Crippen molar-refractivity contribution in [3.8, 4) is 5.75 Å². The number of carbonyl (C=O) groups is 2. The van der Waals surface area contributed by atoms with Crippen LogP contribution in [0.15, 0.2) is 24.3 Å². The average molecular weight is 336 g/mol. The minimum Gasteiger partial charge on any atom is -0.497 e. The first-order valence-corrected chi connectivity index (χ1v) is 7.90. The Hall–Kier alpha value is -2.12. The molecule has 0 spiro atoms. The second-order valence-corrected chi connectivity index (χ2v) is 5.59. The number of rotatable bonds is 8. The van der Waals surface area contributed by atoms with Crippen molar-refractivity contribution in [2.24, 2.45) is 0 Å². The molecular formula is C17H24N2O5. The van der Waals surface area contributed by atoms with Crippen LogP contribution in [0.4, 0.5) is 0 Å². The van der Waals surface area contributed by atoms with E-state index in [1.807, 2.05) is 24.3 Å². The first kappa shape index (κ1) is 18.2. The van der Waals surface area contributed by atoms with Crippen molar-refractivity contribution in [1.29, 1.82) is 0 Å². The smallest absolute Gasteiger partial charge is 0.248 e. The van der Waals surface area contributed by atoms with Crippen LogP contribution in [0.1, 0.15) is 5.56 Å². The minimum absolute atomic E-state index is 0.0444. The fourth-order valence-electron chi connectivity index (χ4n) is 2.44. The molecule has 1 unspecified atom stereocenters. The summed E-state index contributed by atoms with van der Waals surface area (Å²) in [6.45, 7) is 1.91. The summed E-state index contributed by atoms with van der Waals surface area (Å²) in [6, 6.07) is 7.37. The summed E-state index contributed by atoms with van der Waals surface area (Å²) in [5, 5.41) is 2.86. The van der Waals surface area contributed by atoms with Crippen LogP contribution >= 0.6 is 0 Å². The number of nitrogens with zero attached hydrogens (tertiary/aromatic N) is 1. The predicted octanol–water partition coefficient (Wildman–Crippen LogP) is 0.228. The second-order valence-electron chi connectivity index (χ2n) is 5.59. The molecule has 1 aromatic rings. The maximum absolute atomic E-state index is 12.0. The topological polar surface area (TPSA) is 77.1 Å². The van der Waals surface area contributed by atoms with Crippen molar-refractivity contribution in [1.82, 2.24) is 10.2 Å². The molecule has 0 saturated carbocycles. The number of hydrogen-bond donors (Lipinski definition) is 1. The fourth-order valence-corrected chi connectivity index (χ4v) is 2.44. The molecule has 0 aliphatic carbocycles. The van der Waals surface area contributed by atoms with Crippen LogP contribution in [0.25, 0.3) is 0 Å². The lowest BCUT2D eigenvalue weighted by Crippen LogP contribution is -2.51. The molecule has 1 N–H and O–H groups in total. The summed E-state index contributed by atoms with van der Waals surface area (Å²) in [6.07, 6.45) is 0.0997. The van der Waals surface area contributed by atoms with Crippen LogP contribution in [0.2, 0.25) is 0 Å². The summed E-state index contributed by atoms with van der Waals surface area (Å²) >= 11 is 0. The largest absolute Gasteiger partial charge is 0.497 e. The van der Waals surface area contributed by atoms with Gasteiger partial charge < -0.3 is 24.4 Å². The van der Waals surface area contributed by atoms with Gasteiger partial charge in [-0.2, -0.15) is 0 Å². The van der Waals surface area contributed by atoms with Gasteiger partial charge in [0.2, 0.25) is 11.8 Å². The molecule has 132 valence electrons. The van der Waals surface area contributed by atoms with E-state index in [9.17, 15) is 9.59 Å². The molecular weight excluding hydrogens is 312 g/mol. The Morgan fingerprint density at radius 3 is 2.75 bits per heavy atom. The standard InChI is InChI=1S/C17H24N2O5/c1-22-8-7-19-11-15(24-12-17(19)21)10-18-16(20)9-13-3-5-14(23-2)6-4-13/h3-6,15H,7-12H2,1-2H3,(H,18,20). The van der Waals surface area contributed by atoms with E-state index in [2.05, 4.69) is 5.32 Å². The van der Waals surface area contributed by atoms with Gasteiger partial charge in [0.25, 0.3) is 0 Å². The third-order valence-corrected chi connectivity index (χ3v) is 3.84. The van der Waals surface area contributed by atoms with Crippen LogP contribution in [0, 0.1) is 0 Å². The quantitative estimate of drug-likeness (QED) is 0.735. The number of benzene rings is 1. The van der Waals surface area contributed by atoms with Gasteiger partial charge in [-0.1, -0.05) is 12.1 Å². The highest BCUT2D eigenvalue weighted by Gasteiger charge is 2.26. The van der Waals surface area contributed by atoms with E-state index in [0.717, 1.165) is 11.3 Å². The van der Waals surface area contributed by atoms with E-state index in [-0.39, 0.29) is 24.5 Å². The van der Waals surface area contributed by atoms with Crippen molar-refractivity contribution in [2.75, 3.05) is 47.1 Å². The third-order valence-electron chi connectivity index (χ3n) is 3.84. The van der Waals surface area contributed by atoms with Crippen LogP contribution < -0.4 is 10.1 Å². The van der Waals surface area contributed by atoms with Gasteiger partial charge in [-0.15, -0.1) is 0 Å². The van der Waals surface area contributed by atoms with E-state index < -0.39 is 0 Å². The highest BCUT2D eigenvalue weighted by molar-refractivity contribution is 5.79. The maximum atomic E-state index is 12.0. The summed E-state index contributed by atoms with van der Waals surface area (Å²) in [5.74, 6) is 0.632. The van der Waals surface area contributed by atoms with Crippen LogP contribution in [0.3, 0.4) is 0 Å². The van der Waals surface area contributed by atoms with E-state index >= 15 is 0 Å². The van der Waals surface area contributed by atoms with Crippen molar-refractivity contribution in [3.63, 3.8) is 0 Å². The molecule has 0 aromatic heterocycles. The Labute approximate surface area is 141 Å². The van der Waals surface area contributed by atoms with Gasteiger partial charge in [-0.3, -0.25) is 9.59 Å². The highest BCUT2D eigenvalue weighted by atomic mass is 16.5. The lowest BCUT2D eigenvalue weighted by Gasteiger charge is -2.32. The van der Waals surface area contributed by atoms with Gasteiger partial charge in [-0.05, 0) is 17.7 Å². The molecule has 2 amide bonds. The first-order valence-electron chi connectivity index (χ1n) is 7.90. The Bertz CT molecular complexity index is 546. The zero-order chi connectivity index (χ0) is 17.4. The van der Waals surface area contributed by atoms with Crippen LogP contribution in [-0.4, -0.2) is 69.9 Å². The summed E-state index contributed by atoms with van der Waals surface area (Å²) in [7, 11) is 3.20. The molecule has 7 heteroatoms. The molecule has 1 fully saturated rings. The SMILES string of the molecule is COCCN1CC(CNC(=O)Cc2ccc(OC)cc2)OCC1=O. The number of methoxy groups -OCH3 is 2. The molecule has 1 aliphatic rings. The zero-order valence-electron chi connectivity index (χ0n) is 14.1. The van der Waals surface area contributed by atoms with Gasteiger partial charge in [0.05, 0.1) is 26.2 Å². The zero-order valence-corrected chi connectivity index (χ0v) is 14.1. The number of hydrogen-bond acceptors (Lipinski definition) is 5. The average Bonchev–Trinajstić information content (AvgIpc) is 2.60. The first-order chi connectivity index (χ1) is 11.6. The van der Waals surface area contributed by atoms with Crippen LogP contribution in [0.5, 0.6) is 5.75 Å². The lowest BCUT2D eigenvalue weighted by molar-refractivity contribution is -0.149. The molecule has 1 atom stereocenters. The number of amides is 2. The van der Waals surface area contributed by atoms with E-state index in [0.29, 0.717) is 32.7 Å². The van der Waals surface area contributed by atoms with Crippen molar-refractivity contribution in [2.45, 2.75) is 12.5 Å². The molecule has 0 bridgehead atoms. The maximum Gasteiger partial charge on any atom is 0.248 e. The van der Waals surface area contributed by atoms with E-state index in [1.54, 1.807) is 19.1 Å². The molecule has 1 aliphatic heterocycles. The summed E-state index contributed by atoms with van der Waals surface area (Å²) in [4.78, 5) is 25.5. The normalized spacial score (nSPS) is 17.7. The third kappa shape index (κ3) is 5.50. The fraction of sp³-hybridized carbons (Fsp3) is 0.529. The Kier molecular flexibility index (Phi) is 7.02. The Balaban J connectivity index is 1.75. The van der Waals surface area contributed by atoms with Crippen molar-refractivity contribution < 1.29 is 23.8 Å².